The Morgan fingerprint density at radius 1 is 1.32 bits per heavy atom. The molecule has 3 nitrogen and oxygen atoms in total. The maximum Gasteiger partial charge on any atom is 0.170 e. The molecule has 0 amide bonds. The molecule has 1 fully saturated rings. The van der Waals surface area contributed by atoms with Gasteiger partial charge in [-0.25, -0.2) is 0 Å². The number of thiocarbonyl (C=S) groups is 1. The van der Waals surface area contributed by atoms with Crippen LogP contribution in [0.3, 0.4) is 0 Å². The van der Waals surface area contributed by atoms with Crippen LogP contribution in [0.25, 0.3) is 0 Å². The molecule has 0 bridgehead atoms. The average molecular weight is 332 g/mol. The highest BCUT2D eigenvalue weighted by Crippen LogP contribution is 2.41. The molecule has 1 aliphatic heterocycles. The molecule has 2 atom stereocenters. The Bertz CT molecular complexity index is 638. The number of thiophene rings is 1. The van der Waals surface area contributed by atoms with Crippen LogP contribution in [0.4, 0.5) is 0 Å². The van der Waals surface area contributed by atoms with E-state index in [2.05, 4.69) is 47.2 Å². The maximum atomic E-state index is 5.61. The zero-order valence-electron chi connectivity index (χ0n) is 13.0. The number of aromatic nitrogens is 1. The van der Waals surface area contributed by atoms with E-state index >= 15 is 0 Å². The van der Waals surface area contributed by atoms with Crippen molar-refractivity contribution in [3.05, 3.63) is 52.0 Å². The van der Waals surface area contributed by atoms with Gasteiger partial charge in [-0.1, -0.05) is 19.4 Å². The van der Waals surface area contributed by atoms with E-state index in [1.807, 2.05) is 29.7 Å². The first-order valence-corrected chi connectivity index (χ1v) is 8.97. The topological polar surface area (TPSA) is 28.2 Å². The third-order valence-electron chi connectivity index (χ3n) is 4.00. The molecule has 1 aliphatic rings. The molecule has 0 saturated carbocycles. The van der Waals surface area contributed by atoms with Crippen LogP contribution in [0, 0.1) is 6.92 Å². The van der Waals surface area contributed by atoms with E-state index in [4.69, 9.17) is 12.2 Å². The summed E-state index contributed by atoms with van der Waals surface area (Å²) in [6.07, 6.45) is 4.17. The van der Waals surface area contributed by atoms with Crippen molar-refractivity contribution in [2.24, 2.45) is 0 Å². The van der Waals surface area contributed by atoms with E-state index < -0.39 is 0 Å². The summed E-state index contributed by atoms with van der Waals surface area (Å²) in [5.74, 6) is 0. The number of nitrogens with zero attached hydrogens (tertiary/aromatic N) is 2. The smallest absolute Gasteiger partial charge is 0.170 e. The number of aryl methyl sites for hydroxylation is 1. The second-order valence-electron chi connectivity index (χ2n) is 5.62. The van der Waals surface area contributed by atoms with E-state index in [0.717, 1.165) is 23.8 Å². The van der Waals surface area contributed by atoms with Crippen molar-refractivity contribution in [3.63, 3.8) is 0 Å². The predicted molar refractivity (Wildman–Crippen MR) is 96.1 cm³/mol. The molecule has 1 N–H and O–H groups in total. The lowest BCUT2D eigenvalue weighted by molar-refractivity contribution is 0.317. The van der Waals surface area contributed by atoms with Gasteiger partial charge < -0.3 is 10.2 Å². The Balaban J connectivity index is 1.96. The van der Waals surface area contributed by atoms with Crippen molar-refractivity contribution in [3.8, 4) is 0 Å². The molecule has 0 aromatic carbocycles. The van der Waals surface area contributed by atoms with Gasteiger partial charge in [0, 0.05) is 22.5 Å². The van der Waals surface area contributed by atoms with Crippen LogP contribution in [-0.2, 0) is 0 Å². The standard InChI is InChI=1S/C17H21N3S2/c1-3-4-11-20-16(14-9-8-12(2)22-14)15(19-17(20)21)13-7-5-6-10-18-13/h5-10,15-16H,3-4,11H2,1-2H3,(H,19,21)/t15-,16-/m0/s1. The molecular weight excluding hydrogens is 310 g/mol. The number of pyridine rings is 1. The molecule has 1 saturated heterocycles. The molecule has 0 aliphatic carbocycles. The van der Waals surface area contributed by atoms with Crippen molar-refractivity contribution in [2.75, 3.05) is 6.54 Å². The van der Waals surface area contributed by atoms with Crippen molar-refractivity contribution in [2.45, 2.75) is 38.8 Å². The van der Waals surface area contributed by atoms with Crippen molar-refractivity contribution in [1.29, 1.82) is 0 Å². The van der Waals surface area contributed by atoms with Crippen LogP contribution in [0.1, 0.15) is 47.3 Å². The fourth-order valence-electron chi connectivity index (χ4n) is 2.90. The molecule has 3 heterocycles. The van der Waals surface area contributed by atoms with Gasteiger partial charge in [-0.3, -0.25) is 4.98 Å². The minimum atomic E-state index is 0.128. The zero-order chi connectivity index (χ0) is 15.5. The number of hydrogen-bond acceptors (Lipinski definition) is 3. The predicted octanol–water partition coefficient (Wildman–Crippen LogP) is 4.22. The van der Waals surface area contributed by atoms with Gasteiger partial charge >= 0.3 is 0 Å². The second kappa shape index (κ2) is 6.75. The van der Waals surface area contributed by atoms with Crippen molar-refractivity contribution in [1.82, 2.24) is 15.2 Å². The highest BCUT2D eigenvalue weighted by atomic mass is 32.1. The number of hydrogen-bond donors (Lipinski definition) is 1. The van der Waals surface area contributed by atoms with E-state index in [-0.39, 0.29) is 12.1 Å². The molecular formula is C17H21N3S2. The highest BCUT2D eigenvalue weighted by Gasteiger charge is 2.39. The van der Waals surface area contributed by atoms with Crippen LogP contribution in [0.15, 0.2) is 36.5 Å². The first-order valence-electron chi connectivity index (χ1n) is 7.75. The summed E-state index contributed by atoms with van der Waals surface area (Å²) in [5.41, 5.74) is 1.06. The Labute approximate surface area is 141 Å². The molecule has 5 heteroatoms. The Hall–Kier alpha value is -1.46. The minimum Gasteiger partial charge on any atom is -0.352 e. The molecule has 116 valence electrons. The average Bonchev–Trinajstić information content (AvgIpc) is 3.09. The fraction of sp³-hybridized carbons (Fsp3) is 0.412. The van der Waals surface area contributed by atoms with Gasteiger partial charge in [0.1, 0.15) is 0 Å². The largest absolute Gasteiger partial charge is 0.352 e. The Morgan fingerprint density at radius 3 is 2.82 bits per heavy atom. The van der Waals surface area contributed by atoms with E-state index in [1.54, 1.807) is 0 Å². The van der Waals surface area contributed by atoms with Crippen LogP contribution in [-0.4, -0.2) is 21.5 Å². The fourth-order valence-corrected chi connectivity index (χ4v) is 4.26. The molecule has 0 radical (unpaired) electrons. The summed E-state index contributed by atoms with van der Waals surface area (Å²) in [5, 5.41) is 4.34. The SMILES string of the molecule is CCCCN1C(=S)N[C@@H](c2ccccn2)[C@@H]1c1ccc(C)s1. The molecule has 22 heavy (non-hydrogen) atoms. The van der Waals surface area contributed by atoms with Gasteiger partial charge in [-0.15, -0.1) is 11.3 Å². The normalized spacial score (nSPS) is 21.2. The first-order chi connectivity index (χ1) is 10.7. The monoisotopic (exact) mass is 331 g/mol. The van der Waals surface area contributed by atoms with Gasteiger partial charge in [0.2, 0.25) is 0 Å². The Kier molecular flexibility index (Phi) is 4.74. The van der Waals surface area contributed by atoms with E-state index in [1.165, 1.54) is 16.2 Å². The second-order valence-corrected chi connectivity index (χ2v) is 7.33. The maximum absolute atomic E-state index is 5.61. The van der Waals surface area contributed by atoms with Gasteiger partial charge in [0.25, 0.3) is 0 Å². The van der Waals surface area contributed by atoms with Crippen LogP contribution < -0.4 is 5.32 Å². The highest BCUT2D eigenvalue weighted by molar-refractivity contribution is 7.80. The third kappa shape index (κ3) is 3.01. The molecule has 0 unspecified atom stereocenters. The van der Waals surface area contributed by atoms with Gasteiger partial charge in [-0.05, 0) is 49.8 Å². The van der Waals surface area contributed by atoms with Crippen molar-refractivity contribution >= 4 is 28.7 Å². The van der Waals surface area contributed by atoms with Crippen LogP contribution in [0.2, 0.25) is 0 Å². The van der Waals surface area contributed by atoms with Crippen molar-refractivity contribution < 1.29 is 0 Å². The van der Waals surface area contributed by atoms with E-state index in [9.17, 15) is 0 Å². The summed E-state index contributed by atoms with van der Waals surface area (Å²) in [7, 11) is 0. The lowest BCUT2D eigenvalue weighted by Crippen LogP contribution is -2.30. The molecule has 2 aromatic rings. The lowest BCUT2D eigenvalue weighted by Gasteiger charge is -2.26. The van der Waals surface area contributed by atoms with Gasteiger partial charge in [0.15, 0.2) is 5.11 Å². The van der Waals surface area contributed by atoms with Crippen LogP contribution in [0.5, 0.6) is 0 Å². The molecule has 0 spiro atoms. The Morgan fingerprint density at radius 2 is 2.18 bits per heavy atom. The molecule has 3 rings (SSSR count). The first kappa shape index (κ1) is 15.4. The summed E-state index contributed by atoms with van der Waals surface area (Å²) in [4.78, 5) is 9.58. The van der Waals surface area contributed by atoms with Crippen LogP contribution >= 0.6 is 23.6 Å². The number of nitrogens with one attached hydrogen (secondary N) is 1. The summed E-state index contributed by atoms with van der Waals surface area (Å²) in [6.45, 7) is 5.36. The minimum absolute atomic E-state index is 0.128. The quantitative estimate of drug-likeness (QED) is 0.830. The van der Waals surface area contributed by atoms with Gasteiger partial charge in [-0.2, -0.15) is 0 Å². The van der Waals surface area contributed by atoms with E-state index in [0.29, 0.717) is 0 Å². The van der Waals surface area contributed by atoms with Gasteiger partial charge in [0.05, 0.1) is 17.8 Å². The summed E-state index contributed by atoms with van der Waals surface area (Å²) < 4.78 is 0. The molecule has 2 aromatic heterocycles. The lowest BCUT2D eigenvalue weighted by atomic mass is 10.0. The number of rotatable bonds is 5. The summed E-state index contributed by atoms with van der Waals surface area (Å²) in [6, 6.07) is 10.9. The summed E-state index contributed by atoms with van der Waals surface area (Å²) >= 11 is 7.46. The third-order valence-corrected chi connectivity index (χ3v) is 5.43. The number of unbranched alkanes of at least 4 members (excludes halogenated alkanes) is 1. The zero-order valence-corrected chi connectivity index (χ0v) is 14.6.